The Balaban J connectivity index is 2.62. The Hall–Kier alpha value is -2.05. The maximum absolute atomic E-state index is 13.5. The summed E-state index contributed by atoms with van der Waals surface area (Å²) < 4.78 is 40.0. The molecule has 1 aromatic carbocycles. The van der Waals surface area contributed by atoms with Gasteiger partial charge in [-0.05, 0) is 6.42 Å². The lowest BCUT2D eigenvalue weighted by Crippen LogP contribution is -2.41. The van der Waals surface area contributed by atoms with E-state index in [-0.39, 0.29) is 6.42 Å². The molecule has 1 aromatic rings. The summed E-state index contributed by atoms with van der Waals surface area (Å²) in [4.78, 5) is 23.1. The number of hydrogen-bond acceptors (Lipinski definition) is 2. The van der Waals surface area contributed by atoms with Crippen LogP contribution in [0.25, 0.3) is 0 Å². The number of amides is 1. The van der Waals surface area contributed by atoms with Crippen LogP contribution < -0.4 is 5.32 Å². The zero-order chi connectivity index (χ0) is 18.1. The van der Waals surface area contributed by atoms with E-state index in [0.717, 1.165) is 32.1 Å². The molecule has 0 saturated heterocycles. The first-order valence-electron chi connectivity index (χ1n) is 8.05. The average Bonchev–Trinajstić information content (AvgIpc) is 2.48. The summed E-state index contributed by atoms with van der Waals surface area (Å²) >= 11 is 0. The summed E-state index contributed by atoms with van der Waals surface area (Å²) in [5.74, 6) is -6.37. The molecule has 0 aliphatic heterocycles. The van der Waals surface area contributed by atoms with Crippen molar-refractivity contribution >= 4 is 11.9 Å². The lowest BCUT2D eigenvalue weighted by atomic mass is 10.0. The number of nitrogens with one attached hydrogen (secondary N) is 1. The molecule has 7 heteroatoms. The fraction of sp³-hybridized carbons (Fsp3) is 0.529. The van der Waals surface area contributed by atoms with Gasteiger partial charge in [0.2, 0.25) is 0 Å². The molecule has 24 heavy (non-hydrogen) atoms. The number of carboxylic acid groups (broad SMARTS) is 1. The van der Waals surface area contributed by atoms with Gasteiger partial charge in [-0.25, -0.2) is 18.0 Å². The lowest BCUT2D eigenvalue weighted by molar-refractivity contribution is -0.139. The highest BCUT2D eigenvalue weighted by Gasteiger charge is 2.24. The molecule has 4 nitrogen and oxygen atoms in total. The number of carboxylic acids is 1. The van der Waals surface area contributed by atoms with Crippen molar-refractivity contribution in [1.29, 1.82) is 0 Å². The third kappa shape index (κ3) is 6.22. The van der Waals surface area contributed by atoms with Gasteiger partial charge in [-0.1, -0.05) is 45.4 Å². The molecule has 0 saturated carbocycles. The van der Waals surface area contributed by atoms with E-state index in [1.165, 1.54) is 0 Å². The van der Waals surface area contributed by atoms with Crippen molar-refractivity contribution in [2.75, 3.05) is 0 Å². The Labute approximate surface area is 139 Å². The van der Waals surface area contributed by atoms with E-state index >= 15 is 0 Å². The van der Waals surface area contributed by atoms with Crippen molar-refractivity contribution in [2.45, 2.75) is 57.9 Å². The topological polar surface area (TPSA) is 66.4 Å². The molecule has 1 rings (SSSR count). The summed E-state index contributed by atoms with van der Waals surface area (Å²) in [7, 11) is 0. The van der Waals surface area contributed by atoms with E-state index in [0.29, 0.717) is 18.6 Å². The highest BCUT2D eigenvalue weighted by atomic mass is 19.1. The van der Waals surface area contributed by atoms with Crippen LogP contribution in [0.5, 0.6) is 0 Å². The molecule has 0 heterocycles. The molecule has 2 N–H and O–H groups in total. The molecule has 0 aliphatic rings. The van der Waals surface area contributed by atoms with Crippen LogP contribution in [0, 0.1) is 17.5 Å². The fourth-order valence-electron chi connectivity index (χ4n) is 2.38. The van der Waals surface area contributed by atoms with Crippen LogP contribution >= 0.6 is 0 Å². The van der Waals surface area contributed by atoms with Crippen LogP contribution in [0.3, 0.4) is 0 Å². The van der Waals surface area contributed by atoms with Gasteiger partial charge < -0.3 is 10.4 Å². The third-order valence-corrected chi connectivity index (χ3v) is 3.68. The lowest BCUT2D eigenvalue weighted by Gasteiger charge is -2.15. The van der Waals surface area contributed by atoms with Crippen LogP contribution in [-0.4, -0.2) is 23.0 Å². The van der Waals surface area contributed by atoms with E-state index in [9.17, 15) is 22.8 Å². The molecule has 0 unspecified atom stereocenters. The Bertz CT molecular complexity index is 555. The number of benzene rings is 1. The van der Waals surface area contributed by atoms with Crippen molar-refractivity contribution < 1.29 is 27.9 Å². The maximum Gasteiger partial charge on any atom is 0.326 e. The second kappa shape index (κ2) is 9.95. The van der Waals surface area contributed by atoms with Gasteiger partial charge in [0.25, 0.3) is 5.91 Å². The van der Waals surface area contributed by atoms with E-state index in [4.69, 9.17) is 5.11 Å². The van der Waals surface area contributed by atoms with Gasteiger partial charge >= 0.3 is 5.97 Å². The first kappa shape index (κ1) is 20.0. The zero-order valence-corrected chi connectivity index (χ0v) is 13.6. The van der Waals surface area contributed by atoms with Gasteiger partial charge in [0.05, 0.1) is 0 Å². The van der Waals surface area contributed by atoms with Crippen LogP contribution in [0.15, 0.2) is 12.1 Å². The molecule has 0 fully saturated rings. The standard InChI is InChI=1S/C17H22F3NO3/c1-2-3-4-5-6-7-8-14(17(23)24)21-16(22)15-12(19)9-11(18)10-13(15)20/h9-10,14H,2-8H2,1H3,(H,21,22)(H,23,24)/t14-/m1/s1. The van der Waals surface area contributed by atoms with Gasteiger partial charge in [0.1, 0.15) is 29.1 Å². The molecule has 0 aliphatic carbocycles. The second-order valence-corrected chi connectivity index (χ2v) is 5.67. The SMILES string of the molecule is CCCCCCCC[C@@H](NC(=O)c1c(F)cc(F)cc1F)C(=O)O. The molecule has 1 atom stereocenters. The van der Waals surface area contributed by atoms with Crippen LogP contribution in [0.2, 0.25) is 0 Å². The van der Waals surface area contributed by atoms with Gasteiger partial charge in [0, 0.05) is 12.1 Å². The van der Waals surface area contributed by atoms with Crippen LogP contribution in [0.4, 0.5) is 13.2 Å². The minimum atomic E-state index is -1.37. The highest BCUT2D eigenvalue weighted by Crippen LogP contribution is 2.16. The van der Waals surface area contributed by atoms with Gasteiger partial charge in [0.15, 0.2) is 0 Å². The minimum absolute atomic E-state index is 0.164. The van der Waals surface area contributed by atoms with E-state index in [2.05, 4.69) is 12.2 Å². The molecule has 0 radical (unpaired) electrons. The third-order valence-electron chi connectivity index (χ3n) is 3.68. The van der Waals surface area contributed by atoms with E-state index in [1.807, 2.05) is 0 Å². The van der Waals surface area contributed by atoms with Crippen molar-refractivity contribution in [3.05, 3.63) is 35.1 Å². The molecule has 1 amide bonds. The van der Waals surface area contributed by atoms with Crippen molar-refractivity contribution in [2.24, 2.45) is 0 Å². The van der Waals surface area contributed by atoms with Crippen LogP contribution in [0.1, 0.15) is 62.2 Å². The molecule has 134 valence electrons. The summed E-state index contributed by atoms with van der Waals surface area (Å²) in [6, 6.07) is -0.490. The highest BCUT2D eigenvalue weighted by molar-refractivity contribution is 5.97. The number of unbranched alkanes of at least 4 members (excludes halogenated alkanes) is 5. The van der Waals surface area contributed by atoms with Crippen molar-refractivity contribution in [1.82, 2.24) is 5.32 Å². The number of carbonyl (C=O) groups is 2. The Kier molecular flexibility index (Phi) is 8.29. The summed E-state index contributed by atoms with van der Waals surface area (Å²) in [6.07, 6.45) is 5.80. The van der Waals surface area contributed by atoms with Gasteiger partial charge in [-0.2, -0.15) is 0 Å². The molecular weight excluding hydrogens is 323 g/mol. The van der Waals surface area contributed by atoms with Crippen molar-refractivity contribution in [3.8, 4) is 0 Å². The largest absolute Gasteiger partial charge is 0.480 e. The Morgan fingerprint density at radius 1 is 1.04 bits per heavy atom. The quantitative estimate of drug-likeness (QED) is 0.629. The van der Waals surface area contributed by atoms with Crippen molar-refractivity contribution in [3.63, 3.8) is 0 Å². The molecular formula is C17H22F3NO3. The predicted octanol–water partition coefficient (Wildman–Crippen LogP) is 4.04. The number of carbonyl (C=O) groups excluding carboxylic acids is 1. The predicted molar refractivity (Wildman–Crippen MR) is 83.2 cm³/mol. The monoisotopic (exact) mass is 345 g/mol. The number of rotatable bonds is 10. The smallest absolute Gasteiger partial charge is 0.326 e. The van der Waals surface area contributed by atoms with Gasteiger partial charge in [-0.3, -0.25) is 4.79 Å². The maximum atomic E-state index is 13.5. The summed E-state index contributed by atoms with van der Waals surface area (Å²) in [6.45, 7) is 2.09. The Morgan fingerprint density at radius 2 is 1.58 bits per heavy atom. The Morgan fingerprint density at radius 3 is 2.12 bits per heavy atom. The summed E-state index contributed by atoms with van der Waals surface area (Å²) in [5.41, 5.74) is -0.981. The second-order valence-electron chi connectivity index (χ2n) is 5.67. The minimum Gasteiger partial charge on any atom is -0.480 e. The van der Waals surface area contributed by atoms with E-state index < -0.39 is 40.9 Å². The molecule has 0 aromatic heterocycles. The normalized spacial score (nSPS) is 12.0. The first-order chi connectivity index (χ1) is 11.4. The fourth-order valence-corrected chi connectivity index (χ4v) is 2.38. The zero-order valence-electron chi connectivity index (χ0n) is 13.6. The number of hydrogen-bond donors (Lipinski definition) is 2. The average molecular weight is 345 g/mol. The van der Waals surface area contributed by atoms with Crippen LogP contribution in [-0.2, 0) is 4.79 Å². The van der Waals surface area contributed by atoms with Gasteiger partial charge in [-0.15, -0.1) is 0 Å². The number of halogens is 3. The van der Waals surface area contributed by atoms with E-state index in [1.54, 1.807) is 0 Å². The summed E-state index contributed by atoms with van der Waals surface area (Å²) in [5, 5.41) is 11.2. The first-order valence-corrected chi connectivity index (χ1v) is 8.05. The molecule has 0 bridgehead atoms. The molecule has 0 spiro atoms. The number of aliphatic carboxylic acids is 1.